The zero-order valence-electron chi connectivity index (χ0n) is 21.9. The first-order valence-corrected chi connectivity index (χ1v) is 12.8. The van der Waals surface area contributed by atoms with Gasteiger partial charge in [-0.15, -0.1) is 0 Å². The second-order valence-corrected chi connectivity index (χ2v) is 10.5. The van der Waals surface area contributed by atoms with Crippen LogP contribution in [-0.2, 0) is 19.2 Å². The maximum Gasteiger partial charge on any atom is 0.323 e. The highest BCUT2D eigenvalue weighted by atomic mass is 16.5. The molecule has 3 aliphatic carbocycles. The Bertz CT molecular complexity index is 1520. The van der Waals surface area contributed by atoms with Gasteiger partial charge in [-0.25, -0.2) is 4.79 Å². The quantitative estimate of drug-likeness (QED) is 0.223. The lowest BCUT2D eigenvalue weighted by Crippen LogP contribution is -2.72. The van der Waals surface area contributed by atoms with Crippen LogP contribution in [0.15, 0.2) is 36.4 Å². The average molecular weight is 566 g/mol. The van der Waals surface area contributed by atoms with Crippen LogP contribution < -0.4 is 21.1 Å². The summed E-state index contributed by atoms with van der Waals surface area (Å²) in [6.07, 6.45) is -2.33. The molecule has 0 bridgehead atoms. The van der Waals surface area contributed by atoms with Crippen molar-refractivity contribution in [3.63, 3.8) is 0 Å². The maximum absolute atomic E-state index is 13.8. The normalized spacial score (nSPS) is 30.5. The van der Waals surface area contributed by atoms with Crippen LogP contribution in [0.2, 0.25) is 0 Å². The molecule has 13 heteroatoms. The number of rotatable bonds is 4. The highest BCUT2D eigenvalue weighted by Crippen LogP contribution is 2.54. The number of carbonyl (C=O) groups is 6. The van der Waals surface area contributed by atoms with Crippen LogP contribution in [0.25, 0.3) is 0 Å². The van der Waals surface area contributed by atoms with Crippen LogP contribution >= 0.6 is 0 Å². The number of phenols is 1. The van der Waals surface area contributed by atoms with Crippen LogP contribution in [0.5, 0.6) is 11.5 Å². The molecule has 0 radical (unpaired) electrons. The van der Waals surface area contributed by atoms with Gasteiger partial charge < -0.3 is 36.4 Å². The monoisotopic (exact) mass is 565 g/mol. The Morgan fingerprint density at radius 2 is 1.68 bits per heavy atom. The van der Waals surface area contributed by atoms with Crippen molar-refractivity contribution >= 4 is 46.4 Å². The minimum atomic E-state index is -3.01. The number of aliphatic hydroxyl groups excluding tert-OH is 1. The molecule has 41 heavy (non-hydrogen) atoms. The molecule has 0 saturated heterocycles. The number of nitrogens with two attached hydrogens (primary N) is 1. The van der Waals surface area contributed by atoms with Crippen molar-refractivity contribution in [3.05, 3.63) is 47.5 Å². The Morgan fingerprint density at radius 1 is 1.02 bits per heavy atom. The van der Waals surface area contributed by atoms with Crippen molar-refractivity contribution < 1.29 is 48.8 Å². The lowest BCUT2D eigenvalue weighted by Gasteiger charge is -2.52. The van der Waals surface area contributed by atoms with Crippen LogP contribution in [-0.4, -0.2) is 69.2 Å². The van der Waals surface area contributed by atoms with E-state index in [0.717, 1.165) is 0 Å². The molecular weight excluding hydrogens is 538 g/mol. The van der Waals surface area contributed by atoms with Crippen LogP contribution in [0.3, 0.4) is 0 Å². The average Bonchev–Trinajstić information content (AvgIpc) is 2.92. The van der Waals surface area contributed by atoms with E-state index in [2.05, 4.69) is 10.6 Å². The van der Waals surface area contributed by atoms with E-state index in [1.807, 2.05) is 0 Å². The van der Waals surface area contributed by atoms with Crippen molar-refractivity contribution in [1.29, 1.82) is 0 Å². The van der Waals surface area contributed by atoms with Gasteiger partial charge in [-0.05, 0) is 41.8 Å². The van der Waals surface area contributed by atoms with Crippen molar-refractivity contribution in [2.24, 2.45) is 29.4 Å². The third-order valence-electron chi connectivity index (χ3n) is 8.45. The lowest BCUT2D eigenvalue weighted by atomic mass is 9.50. The number of Topliss-reactive ketones (excluding diaryl/α,β-unsaturated/α-hetero) is 4. The molecule has 2 aromatic carbocycles. The predicted molar refractivity (Wildman–Crippen MR) is 140 cm³/mol. The molecular formula is C28H27N3O10. The molecule has 7 N–H and O–H groups in total. The van der Waals surface area contributed by atoms with Gasteiger partial charge in [-0.2, -0.15) is 0 Å². The minimum absolute atomic E-state index is 0.165. The predicted octanol–water partition coefficient (Wildman–Crippen LogP) is 0.511. The molecule has 214 valence electrons. The lowest BCUT2D eigenvalue weighted by molar-refractivity contribution is -0.189. The molecule has 7 atom stereocenters. The molecule has 0 heterocycles. The number of primary amides is 1. The number of aliphatic hydroxyl groups is 2. The fourth-order valence-electron chi connectivity index (χ4n) is 6.41. The molecule has 2 aromatic rings. The van der Waals surface area contributed by atoms with E-state index >= 15 is 0 Å². The zero-order chi connectivity index (χ0) is 30.0. The minimum Gasteiger partial charge on any atom is -0.505 e. The Morgan fingerprint density at radius 3 is 2.29 bits per heavy atom. The van der Waals surface area contributed by atoms with Gasteiger partial charge >= 0.3 is 6.03 Å². The number of ether oxygens (including phenoxy) is 1. The number of aromatic hydroxyl groups is 1. The van der Waals surface area contributed by atoms with Gasteiger partial charge in [0.2, 0.25) is 5.91 Å². The number of phenolic OH excluding ortho intramolecular Hbond substituents is 1. The molecule has 5 rings (SSSR count). The number of anilines is 2. The maximum atomic E-state index is 13.8. The van der Waals surface area contributed by atoms with Gasteiger partial charge in [-0.1, -0.05) is 13.0 Å². The van der Waals surface area contributed by atoms with Crippen molar-refractivity contribution in [2.45, 2.75) is 31.0 Å². The summed E-state index contributed by atoms with van der Waals surface area (Å²) in [5.74, 6) is -13.5. The second-order valence-electron chi connectivity index (χ2n) is 10.5. The van der Waals surface area contributed by atoms with Crippen molar-refractivity contribution in [2.75, 3.05) is 17.7 Å². The molecule has 0 aromatic heterocycles. The number of hydrogen-bond acceptors (Lipinski definition) is 10. The van der Waals surface area contributed by atoms with E-state index in [9.17, 15) is 44.1 Å². The number of hydrogen-bond donors (Lipinski definition) is 6. The molecule has 3 aliphatic rings. The topological polar surface area (TPSA) is 222 Å². The van der Waals surface area contributed by atoms with Crippen LogP contribution in [0, 0.1) is 23.7 Å². The second kappa shape index (κ2) is 9.78. The van der Waals surface area contributed by atoms with Crippen molar-refractivity contribution in [3.8, 4) is 11.5 Å². The molecule has 2 unspecified atom stereocenters. The van der Waals surface area contributed by atoms with Crippen LogP contribution in [0.1, 0.15) is 35.2 Å². The van der Waals surface area contributed by atoms with E-state index in [1.54, 1.807) is 31.2 Å². The fraction of sp³-hybridized carbons (Fsp3) is 0.357. The number of fused-ring (bicyclic) bond motifs is 3. The van der Waals surface area contributed by atoms with Gasteiger partial charge in [0.05, 0.1) is 30.4 Å². The first kappa shape index (κ1) is 27.9. The molecule has 0 spiro atoms. The number of carbonyl (C=O) groups excluding carboxylic acids is 6. The van der Waals surface area contributed by atoms with Gasteiger partial charge in [0.15, 0.2) is 34.7 Å². The highest BCUT2D eigenvalue weighted by Gasteiger charge is 2.69. The van der Waals surface area contributed by atoms with E-state index in [1.165, 1.54) is 19.2 Å². The van der Waals surface area contributed by atoms with Gasteiger partial charge in [0, 0.05) is 23.9 Å². The smallest absolute Gasteiger partial charge is 0.323 e. The molecule has 2 fully saturated rings. The van der Waals surface area contributed by atoms with E-state index in [0.29, 0.717) is 11.4 Å². The third kappa shape index (κ3) is 4.07. The Balaban J connectivity index is 1.49. The van der Waals surface area contributed by atoms with Crippen molar-refractivity contribution in [1.82, 2.24) is 0 Å². The van der Waals surface area contributed by atoms with Crippen LogP contribution in [0.4, 0.5) is 16.2 Å². The summed E-state index contributed by atoms with van der Waals surface area (Å²) in [6.45, 7) is 1.59. The molecule has 3 amide bonds. The Labute approximate surface area is 232 Å². The highest BCUT2D eigenvalue weighted by molar-refractivity contribution is 6.31. The number of amides is 3. The van der Waals surface area contributed by atoms with Gasteiger partial charge in [-0.3, -0.25) is 24.0 Å². The Kier molecular flexibility index (Phi) is 6.66. The molecule has 13 nitrogen and oxygen atoms in total. The summed E-state index contributed by atoms with van der Waals surface area (Å²) in [4.78, 5) is 77.5. The molecule has 0 aliphatic heterocycles. The van der Waals surface area contributed by atoms with Gasteiger partial charge in [0.25, 0.3) is 0 Å². The summed E-state index contributed by atoms with van der Waals surface area (Å²) >= 11 is 0. The number of urea groups is 1. The summed E-state index contributed by atoms with van der Waals surface area (Å²) in [7, 11) is 1.49. The molecule has 2 saturated carbocycles. The van der Waals surface area contributed by atoms with E-state index < -0.39 is 88.5 Å². The standard InChI is InChI=1S/C28H27N3O10/c1-10-13-7-8-15(31-27(39)30-11-3-5-12(41-2)6-4-11)22(34)18(13)23(35)20-17(10)21(33)14-9-16(32)19(26(29)38)24(36)28(14,40)25(20)37/h3-8,10,14,17,19-21,33-34,40H,9H2,1-2H3,(H2,29,38)(H2,30,31,39)/t10-,14+,17+,19?,20?,21+,28+/m0/s1. The summed E-state index contributed by atoms with van der Waals surface area (Å²) < 4.78 is 5.07. The van der Waals surface area contributed by atoms with Gasteiger partial charge in [0.1, 0.15) is 11.5 Å². The zero-order valence-corrected chi connectivity index (χ0v) is 21.9. The largest absolute Gasteiger partial charge is 0.505 e. The van der Waals surface area contributed by atoms with E-state index in [4.69, 9.17) is 10.5 Å². The SMILES string of the molecule is COc1ccc(NC(=O)Nc2ccc3c(c2O)C(=O)C2C(=O)[C@]4(O)C(=O)C(C(N)=O)C(=O)C[C@@H]4[C@@H](O)[C@@H]2[C@H]3C)cc1. The first-order chi connectivity index (χ1) is 19.3. The number of benzene rings is 2. The third-order valence-corrected chi connectivity index (χ3v) is 8.45. The number of methoxy groups -OCH3 is 1. The fourth-order valence-corrected chi connectivity index (χ4v) is 6.41. The first-order valence-electron chi connectivity index (χ1n) is 12.8. The summed E-state index contributed by atoms with van der Waals surface area (Å²) in [5.41, 5.74) is 2.35. The number of ketones is 4. The van der Waals surface area contributed by atoms with E-state index in [-0.39, 0.29) is 16.8 Å². The summed E-state index contributed by atoms with van der Waals surface area (Å²) in [6, 6.07) is 8.45. The summed E-state index contributed by atoms with van der Waals surface area (Å²) in [5, 5.41) is 38.6. The Hall–Kier alpha value is -4.62. The number of nitrogens with one attached hydrogen (secondary N) is 2.